The van der Waals surface area contributed by atoms with Crippen molar-refractivity contribution in [1.82, 2.24) is 48.7 Å². The number of carbonyl (C=O) groups excluding carboxylic acids is 2. The average Bonchev–Trinajstić information content (AvgIpc) is 3.31. The van der Waals surface area contributed by atoms with Gasteiger partial charge in [-0.25, -0.2) is 41.5 Å². The van der Waals surface area contributed by atoms with Crippen LogP contribution in [0.2, 0.25) is 0 Å². The highest BCUT2D eigenvalue weighted by atomic mass is 35.5. The molecule has 0 aliphatic heterocycles. The van der Waals surface area contributed by atoms with Crippen molar-refractivity contribution in [3.05, 3.63) is 109 Å². The number of nitrogens with two attached hydrogens (primary N) is 2. The fraction of sp³-hybridized carbons (Fsp3) is 0.273. The molecule has 0 radical (unpaired) electrons. The van der Waals surface area contributed by atoms with Crippen LogP contribution >= 0.6 is 12.4 Å². The number of aromatic nitrogens is 6. The molecule has 0 saturated carbocycles. The summed E-state index contributed by atoms with van der Waals surface area (Å²) in [6, 6.07) is 12.5. The average molecular weight is 1120 g/mol. The van der Waals surface area contributed by atoms with Crippen LogP contribution in [0.5, 0.6) is 11.5 Å². The van der Waals surface area contributed by atoms with Crippen LogP contribution in [-0.4, -0.2) is 146 Å². The number of sulfonamides is 2. The second-order valence-corrected chi connectivity index (χ2v) is 19.4. The molecule has 7 N–H and O–H groups in total. The van der Waals surface area contributed by atoms with Crippen LogP contribution in [0.1, 0.15) is 27.9 Å². The number of amides is 2. The number of ether oxygens (including phenoxy) is 2. The van der Waals surface area contributed by atoms with Gasteiger partial charge >= 0.3 is 12.7 Å². The molecule has 0 bridgehead atoms. The lowest BCUT2D eigenvalue weighted by Crippen LogP contribution is -2.37. The number of hydrogen-bond acceptors (Lipinski definition) is 18. The minimum absolute atomic E-state index is 0. The predicted octanol–water partition coefficient (Wildman–Crippen LogP) is 5.38. The molecular weight excluding hydrogens is 1070 g/mol. The summed E-state index contributed by atoms with van der Waals surface area (Å²) in [6.07, 6.45) is -2.27. The molecule has 0 aliphatic rings. The number of carbonyl (C=O) groups is 2. The second kappa shape index (κ2) is 25.7. The molecule has 0 unspecified atom stereocenters. The van der Waals surface area contributed by atoms with E-state index in [-0.39, 0.29) is 77.6 Å². The molecule has 22 nitrogen and oxygen atoms in total. The number of likely N-dealkylation sites (N-methyl/N-ethyl adjacent to an activating group) is 3. The Morgan fingerprint density at radius 2 is 1.08 bits per heavy atom. The molecule has 404 valence electrons. The number of alkyl halides is 6. The van der Waals surface area contributed by atoms with E-state index in [9.17, 15) is 52.8 Å². The highest BCUT2D eigenvalue weighted by Crippen LogP contribution is 2.36. The normalized spacial score (nSPS) is 11.9. The molecule has 75 heavy (non-hydrogen) atoms. The van der Waals surface area contributed by atoms with Gasteiger partial charge in [-0.15, -0.1) is 38.7 Å². The first kappa shape index (κ1) is 60.2. The van der Waals surface area contributed by atoms with Crippen LogP contribution in [0.3, 0.4) is 0 Å². The van der Waals surface area contributed by atoms with Gasteiger partial charge in [0.15, 0.2) is 23.0 Å². The molecule has 4 heterocycles. The van der Waals surface area contributed by atoms with E-state index in [0.717, 1.165) is 41.0 Å². The van der Waals surface area contributed by atoms with Crippen LogP contribution in [0, 0.1) is 0 Å². The zero-order chi connectivity index (χ0) is 54.6. The molecule has 2 amide bonds. The molecular formula is C44H49ClF6N14O8S2. The molecule has 31 heteroatoms. The van der Waals surface area contributed by atoms with Gasteiger partial charge in [0.2, 0.25) is 20.0 Å². The van der Waals surface area contributed by atoms with Crippen molar-refractivity contribution in [3.63, 3.8) is 0 Å². The van der Waals surface area contributed by atoms with Crippen molar-refractivity contribution in [3.8, 4) is 34.0 Å². The van der Waals surface area contributed by atoms with Gasteiger partial charge in [0.25, 0.3) is 11.8 Å². The van der Waals surface area contributed by atoms with Crippen LogP contribution < -0.4 is 36.3 Å². The number of hydrogen-bond donors (Lipinski definition) is 5. The number of halogens is 7. The van der Waals surface area contributed by atoms with Gasteiger partial charge in [-0.05, 0) is 76.7 Å². The van der Waals surface area contributed by atoms with Gasteiger partial charge in [-0.1, -0.05) is 19.1 Å². The third-order valence-electron chi connectivity index (χ3n) is 9.71. The maximum absolute atomic E-state index is 13.3. The maximum Gasteiger partial charge on any atom is 0.573 e. The fourth-order valence-corrected chi connectivity index (χ4v) is 8.89. The summed E-state index contributed by atoms with van der Waals surface area (Å²) in [6.45, 7) is 2.29. The second-order valence-electron chi connectivity index (χ2n) is 15.8. The lowest BCUT2D eigenvalue weighted by Gasteiger charge is -2.24. The SMILES string of the molecule is CCN(CCN(C)C)S(=O)(=O)c1ccc(-c2cnc(N)c(C(=O)Nc3cccnc3)n2)cc1OC(F)(F)F.CN(C)CCNS(=O)(=O)c1ccc(-c2cnc(N)c(C(=O)Nc3cccnc3)n2)cc1OC(F)(F)F.Cl. The third kappa shape index (κ3) is 17.4. The molecule has 0 spiro atoms. The van der Waals surface area contributed by atoms with Crippen LogP contribution in [0.15, 0.2) is 108 Å². The van der Waals surface area contributed by atoms with Gasteiger partial charge < -0.3 is 41.4 Å². The van der Waals surface area contributed by atoms with Gasteiger partial charge in [0, 0.05) is 56.2 Å². The largest absolute Gasteiger partial charge is 0.573 e. The van der Waals surface area contributed by atoms with Crippen molar-refractivity contribution in [2.75, 3.05) is 83.0 Å². The molecule has 0 atom stereocenters. The minimum Gasteiger partial charge on any atom is -0.404 e. The molecule has 0 fully saturated rings. The molecule has 0 saturated heterocycles. The molecule has 2 aromatic carbocycles. The van der Waals surface area contributed by atoms with Crippen molar-refractivity contribution in [2.24, 2.45) is 0 Å². The van der Waals surface area contributed by atoms with Crippen LogP contribution in [0.4, 0.5) is 49.4 Å². The molecule has 6 aromatic rings. The predicted molar refractivity (Wildman–Crippen MR) is 265 cm³/mol. The summed E-state index contributed by atoms with van der Waals surface area (Å²) in [5, 5.41) is 5.07. The number of anilines is 4. The Morgan fingerprint density at radius 3 is 1.48 bits per heavy atom. The smallest absolute Gasteiger partial charge is 0.404 e. The number of nitrogens with zero attached hydrogens (tertiary/aromatic N) is 9. The molecule has 0 aliphatic carbocycles. The highest BCUT2D eigenvalue weighted by Gasteiger charge is 2.37. The van der Waals surface area contributed by atoms with Gasteiger partial charge in [0.05, 0.1) is 47.6 Å². The van der Waals surface area contributed by atoms with Crippen molar-refractivity contribution >= 4 is 67.3 Å². The first-order chi connectivity index (χ1) is 34.7. The number of nitrogen functional groups attached to an aromatic ring is 2. The summed E-state index contributed by atoms with van der Waals surface area (Å²) < 4.78 is 142. The number of benzene rings is 2. The number of nitrogens with one attached hydrogen (secondary N) is 3. The van der Waals surface area contributed by atoms with E-state index in [1.165, 1.54) is 36.9 Å². The zero-order valence-corrected chi connectivity index (χ0v) is 42.7. The summed E-state index contributed by atoms with van der Waals surface area (Å²) in [7, 11) is -1.80. The van der Waals surface area contributed by atoms with E-state index in [2.05, 4.69) is 54.7 Å². The lowest BCUT2D eigenvalue weighted by molar-refractivity contribution is -0.276. The quantitative estimate of drug-likeness (QED) is 0.0636. The highest BCUT2D eigenvalue weighted by molar-refractivity contribution is 7.89. The Hall–Kier alpha value is -7.35. The Bertz CT molecular complexity index is 3150. The molecule has 4 aromatic heterocycles. The number of pyridine rings is 2. The van der Waals surface area contributed by atoms with Gasteiger partial charge in [0.1, 0.15) is 21.3 Å². The lowest BCUT2D eigenvalue weighted by atomic mass is 10.1. The Labute approximate surface area is 432 Å². The standard InChI is InChI=1S/C23H26F3N7O4S.C21H22F3N7O4S.ClH/c1-4-33(11-10-32(2)3)38(35,36)19-8-7-15(12-18(19)37-23(24,25)26)17-14-29-21(27)20(31-17)22(34)30-16-6-5-9-28-13-16;1-31(2)9-8-28-36(33,34)17-6-5-13(10-16(17)35-21(22,23)24)15-12-27-19(25)18(30-15)20(32)29-14-4-3-7-26-11-14;/h5-9,12-14H,4,10-11H2,1-3H3,(H2,27,29)(H,30,34);3-7,10-12,28H,8-9H2,1-2H3,(H2,25,27)(H,29,32);1H. The fourth-order valence-electron chi connectivity index (χ4n) is 6.22. The van der Waals surface area contributed by atoms with Gasteiger partial charge in [-0.3, -0.25) is 19.6 Å². The Balaban J connectivity index is 0.000000321. The first-order valence-electron chi connectivity index (χ1n) is 21.4. The summed E-state index contributed by atoms with van der Waals surface area (Å²) in [4.78, 5) is 51.2. The van der Waals surface area contributed by atoms with Crippen LogP contribution in [-0.2, 0) is 20.0 Å². The summed E-state index contributed by atoms with van der Waals surface area (Å²) in [5.41, 5.74) is 11.6. The van der Waals surface area contributed by atoms with E-state index in [0.29, 0.717) is 24.5 Å². The Morgan fingerprint density at radius 1 is 0.640 bits per heavy atom. The van der Waals surface area contributed by atoms with E-state index >= 15 is 0 Å². The van der Waals surface area contributed by atoms with E-state index in [1.807, 2.05) is 0 Å². The van der Waals surface area contributed by atoms with E-state index < -0.39 is 65.9 Å². The zero-order valence-electron chi connectivity index (χ0n) is 40.2. The van der Waals surface area contributed by atoms with Gasteiger partial charge in [-0.2, -0.15) is 4.31 Å². The Kier molecular flexibility index (Phi) is 20.7. The van der Waals surface area contributed by atoms with E-state index in [4.69, 9.17) is 11.5 Å². The number of rotatable bonds is 19. The monoisotopic (exact) mass is 1110 g/mol. The van der Waals surface area contributed by atoms with Crippen molar-refractivity contribution in [2.45, 2.75) is 29.4 Å². The van der Waals surface area contributed by atoms with Crippen molar-refractivity contribution < 1.29 is 62.2 Å². The summed E-state index contributed by atoms with van der Waals surface area (Å²) in [5.74, 6) is -3.83. The topological polar surface area (TPSA) is 296 Å². The first-order valence-corrected chi connectivity index (χ1v) is 24.4. The van der Waals surface area contributed by atoms with Crippen molar-refractivity contribution in [1.29, 1.82) is 0 Å². The summed E-state index contributed by atoms with van der Waals surface area (Å²) >= 11 is 0. The molecule has 6 rings (SSSR count). The van der Waals surface area contributed by atoms with E-state index in [1.54, 1.807) is 69.2 Å². The van der Waals surface area contributed by atoms with Crippen LogP contribution in [0.25, 0.3) is 22.5 Å². The third-order valence-corrected chi connectivity index (χ3v) is 13.2. The maximum atomic E-state index is 13.3. The minimum atomic E-state index is -5.18.